The van der Waals surface area contributed by atoms with Gasteiger partial charge in [-0.1, -0.05) is 0 Å². The summed E-state index contributed by atoms with van der Waals surface area (Å²) in [5.74, 6) is 1.10. The smallest absolute Gasteiger partial charge is 0.338 e. The predicted octanol–water partition coefficient (Wildman–Crippen LogP) is 2.48. The van der Waals surface area contributed by atoms with Crippen LogP contribution in [0.3, 0.4) is 0 Å². The summed E-state index contributed by atoms with van der Waals surface area (Å²) in [7, 11) is 0. The van der Waals surface area contributed by atoms with Crippen LogP contribution in [-0.4, -0.2) is 37.8 Å². The molecule has 0 aromatic heterocycles. The first kappa shape index (κ1) is 17.3. The highest BCUT2D eigenvalue weighted by Gasteiger charge is 2.37. The molecule has 0 bridgehead atoms. The first-order chi connectivity index (χ1) is 11.6. The molecule has 3 atom stereocenters. The van der Waals surface area contributed by atoms with E-state index in [2.05, 4.69) is 0 Å². The number of carbonyl (C=O) groups excluding carboxylic acids is 1. The lowest BCUT2D eigenvalue weighted by Crippen LogP contribution is -3.18. The van der Waals surface area contributed by atoms with Gasteiger partial charge in [0.05, 0.1) is 30.8 Å². The van der Waals surface area contributed by atoms with E-state index in [4.69, 9.17) is 9.47 Å². The van der Waals surface area contributed by atoms with E-state index in [-0.39, 0.29) is 12.1 Å². The molecule has 2 saturated heterocycles. The summed E-state index contributed by atoms with van der Waals surface area (Å²) in [4.78, 5) is 14.1. The largest absolute Gasteiger partial charge is 0.491 e. The Balaban J connectivity index is 1.53. The molecule has 4 nitrogen and oxygen atoms in total. The maximum atomic E-state index is 12.3. The van der Waals surface area contributed by atoms with Crippen molar-refractivity contribution in [1.29, 1.82) is 0 Å². The zero-order valence-electron chi connectivity index (χ0n) is 14.9. The summed E-state index contributed by atoms with van der Waals surface area (Å²) in [6, 6.07) is 7.95. The normalized spacial score (nSPS) is 26.7. The fourth-order valence-corrected chi connectivity index (χ4v) is 4.19. The van der Waals surface area contributed by atoms with Crippen molar-refractivity contribution >= 4 is 5.97 Å². The van der Waals surface area contributed by atoms with Crippen LogP contribution in [0.5, 0.6) is 5.75 Å². The molecule has 0 spiro atoms. The number of carbonyl (C=O) groups is 1. The Morgan fingerprint density at radius 3 is 2.62 bits per heavy atom. The fourth-order valence-electron chi connectivity index (χ4n) is 4.19. The van der Waals surface area contributed by atoms with Gasteiger partial charge in [0.25, 0.3) is 0 Å². The molecule has 3 rings (SSSR count). The van der Waals surface area contributed by atoms with Gasteiger partial charge < -0.3 is 14.4 Å². The molecule has 1 unspecified atom stereocenters. The van der Waals surface area contributed by atoms with E-state index in [1.165, 1.54) is 45.2 Å². The molecule has 0 amide bonds. The molecule has 2 fully saturated rings. The van der Waals surface area contributed by atoms with Gasteiger partial charge in [-0.3, -0.25) is 0 Å². The van der Waals surface area contributed by atoms with Gasteiger partial charge in [-0.05, 0) is 70.2 Å². The number of rotatable bonds is 5. The number of piperidine rings is 2. The third-order valence-electron chi connectivity index (χ3n) is 5.32. The number of hydrogen-bond donors (Lipinski definition) is 1. The molecule has 2 aliphatic heterocycles. The van der Waals surface area contributed by atoms with Gasteiger partial charge in [-0.15, -0.1) is 0 Å². The number of quaternary nitrogens is 1. The summed E-state index contributed by atoms with van der Waals surface area (Å²) in [5.41, 5.74) is 0.606. The van der Waals surface area contributed by atoms with Crippen molar-refractivity contribution < 1.29 is 19.2 Å². The van der Waals surface area contributed by atoms with Crippen LogP contribution in [0.2, 0.25) is 0 Å². The molecule has 24 heavy (non-hydrogen) atoms. The molecule has 2 heterocycles. The highest BCUT2D eigenvalue weighted by atomic mass is 16.5. The van der Waals surface area contributed by atoms with E-state index in [0.717, 1.165) is 5.75 Å². The van der Waals surface area contributed by atoms with Crippen molar-refractivity contribution in [2.75, 3.05) is 19.7 Å². The highest BCUT2D eigenvalue weighted by Crippen LogP contribution is 2.21. The van der Waals surface area contributed by atoms with E-state index in [0.29, 0.717) is 24.1 Å². The monoisotopic (exact) mass is 332 g/mol. The van der Waals surface area contributed by atoms with Gasteiger partial charge in [-0.25, -0.2) is 4.79 Å². The molecule has 4 heteroatoms. The number of nitrogens with one attached hydrogen (secondary N) is 1. The molecule has 0 radical (unpaired) electrons. The van der Waals surface area contributed by atoms with Crippen LogP contribution in [0, 0.1) is 5.92 Å². The van der Waals surface area contributed by atoms with Gasteiger partial charge in [-0.2, -0.15) is 0 Å². The Hall–Kier alpha value is -1.55. The summed E-state index contributed by atoms with van der Waals surface area (Å²) >= 11 is 0. The van der Waals surface area contributed by atoms with Crippen molar-refractivity contribution in [1.82, 2.24) is 0 Å². The lowest BCUT2D eigenvalue weighted by Gasteiger charge is -2.40. The van der Waals surface area contributed by atoms with Crippen molar-refractivity contribution in [2.45, 2.75) is 58.1 Å². The van der Waals surface area contributed by atoms with Crippen molar-refractivity contribution in [3.05, 3.63) is 29.8 Å². The second kappa shape index (κ2) is 8.02. The van der Waals surface area contributed by atoms with Crippen LogP contribution < -0.4 is 9.64 Å². The van der Waals surface area contributed by atoms with E-state index >= 15 is 0 Å². The third-order valence-corrected chi connectivity index (χ3v) is 5.32. The summed E-state index contributed by atoms with van der Waals surface area (Å²) < 4.78 is 11.3. The van der Waals surface area contributed by atoms with Gasteiger partial charge in [0.15, 0.2) is 0 Å². The molecule has 1 aromatic rings. The zero-order chi connectivity index (χ0) is 16.9. The first-order valence-corrected chi connectivity index (χ1v) is 9.42. The second-order valence-corrected chi connectivity index (χ2v) is 7.45. The van der Waals surface area contributed by atoms with Crippen molar-refractivity contribution in [3.63, 3.8) is 0 Å². The number of fused-ring (bicyclic) bond motifs is 1. The third kappa shape index (κ3) is 4.29. The molecule has 132 valence electrons. The van der Waals surface area contributed by atoms with Crippen LogP contribution in [0.25, 0.3) is 0 Å². The molecule has 1 aromatic carbocycles. The highest BCUT2D eigenvalue weighted by molar-refractivity contribution is 5.89. The minimum atomic E-state index is -0.214. The lowest BCUT2D eigenvalue weighted by atomic mass is 9.84. The molecule has 0 saturated carbocycles. The molecular formula is C20H30NO3+. The quantitative estimate of drug-likeness (QED) is 0.842. The number of hydrogen-bond acceptors (Lipinski definition) is 3. The molecule has 2 aliphatic rings. The van der Waals surface area contributed by atoms with E-state index in [9.17, 15) is 4.79 Å². The van der Waals surface area contributed by atoms with Crippen LogP contribution >= 0.6 is 0 Å². The standard InChI is InChI=1S/C20H29NO3/c1-15(2)24-18-10-8-16(9-11-18)20(22)23-14-17-6-5-13-21-12-4-3-7-19(17)21/h8-11,15,17,19H,3-7,12-14H2,1-2H3/p+1/t17-,19+/m0/s1. The average Bonchev–Trinajstić information content (AvgIpc) is 2.59. The number of ether oxygens (including phenoxy) is 2. The maximum absolute atomic E-state index is 12.3. The van der Waals surface area contributed by atoms with Gasteiger partial charge >= 0.3 is 5.97 Å². The summed E-state index contributed by atoms with van der Waals surface area (Å²) in [5, 5.41) is 0. The fraction of sp³-hybridized carbons (Fsp3) is 0.650. The van der Waals surface area contributed by atoms with E-state index in [1.807, 2.05) is 26.0 Å². The number of esters is 1. The number of benzene rings is 1. The van der Waals surface area contributed by atoms with Gasteiger partial charge in [0, 0.05) is 5.92 Å². The minimum absolute atomic E-state index is 0.134. The summed E-state index contributed by atoms with van der Waals surface area (Å²) in [6.07, 6.45) is 6.56. The second-order valence-electron chi connectivity index (χ2n) is 7.45. The average molecular weight is 332 g/mol. The Bertz CT molecular complexity index is 538. The summed E-state index contributed by atoms with van der Waals surface area (Å²) in [6.45, 7) is 7.14. The van der Waals surface area contributed by atoms with Crippen LogP contribution in [-0.2, 0) is 4.74 Å². The molecule has 1 N–H and O–H groups in total. The Morgan fingerprint density at radius 1 is 1.12 bits per heavy atom. The van der Waals surface area contributed by atoms with E-state index < -0.39 is 0 Å². The van der Waals surface area contributed by atoms with Crippen molar-refractivity contribution in [2.24, 2.45) is 5.92 Å². The van der Waals surface area contributed by atoms with Crippen LogP contribution in [0.1, 0.15) is 56.3 Å². The molecule has 0 aliphatic carbocycles. The minimum Gasteiger partial charge on any atom is -0.491 e. The van der Waals surface area contributed by atoms with Gasteiger partial charge in [0.1, 0.15) is 12.4 Å². The zero-order valence-corrected chi connectivity index (χ0v) is 14.9. The van der Waals surface area contributed by atoms with Crippen LogP contribution in [0.4, 0.5) is 0 Å². The first-order valence-electron chi connectivity index (χ1n) is 9.42. The molecular weight excluding hydrogens is 302 g/mol. The lowest BCUT2D eigenvalue weighted by molar-refractivity contribution is -0.940. The van der Waals surface area contributed by atoms with Crippen molar-refractivity contribution in [3.8, 4) is 5.75 Å². The van der Waals surface area contributed by atoms with E-state index in [1.54, 1.807) is 17.0 Å². The predicted molar refractivity (Wildman–Crippen MR) is 93.5 cm³/mol. The van der Waals surface area contributed by atoms with Crippen LogP contribution in [0.15, 0.2) is 24.3 Å². The Morgan fingerprint density at radius 2 is 1.88 bits per heavy atom. The maximum Gasteiger partial charge on any atom is 0.338 e. The van der Waals surface area contributed by atoms with Gasteiger partial charge in [0.2, 0.25) is 0 Å². The Kier molecular flexibility index (Phi) is 5.77. The topological polar surface area (TPSA) is 40.0 Å². The Labute approximate surface area is 145 Å². The SMILES string of the molecule is CC(C)Oc1ccc(C(=O)OC[C@@H]2CCC[NH+]3CCCC[C@H]23)cc1.